The normalized spacial score (nSPS) is 19.2. The molecule has 0 aliphatic carbocycles. The van der Waals surface area contributed by atoms with Gasteiger partial charge in [-0.15, -0.1) is 11.3 Å². The predicted octanol–water partition coefficient (Wildman–Crippen LogP) is 2.65. The van der Waals surface area contributed by atoms with Crippen molar-refractivity contribution in [1.29, 1.82) is 0 Å². The summed E-state index contributed by atoms with van der Waals surface area (Å²) in [5.74, 6) is -0.704. The van der Waals surface area contributed by atoms with Crippen LogP contribution in [0, 0.1) is 0 Å². The summed E-state index contributed by atoms with van der Waals surface area (Å²) in [6.45, 7) is 2.17. The number of carbonyl (C=O) groups is 3. The fourth-order valence-electron chi connectivity index (χ4n) is 3.36. The van der Waals surface area contributed by atoms with Crippen LogP contribution in [0.15, 0.2) is 47.8 Å². The van der Waals surface area contributed by atoms with Crippen molar-refractivity contribution in [3.63, 3.8) is 0 Å². The molecule has 1 aromatic carbocycles. The van der Waals surface area contributed by atoms with Gasteiger partial charge in [-0.25, -0.2) is 4.79 Å². The molecule has 142 valence electrons. The fraction of sp³-hybridized carbons (Fsp3) is 0.350. The molecular formula is C20H23N3O3S. The molecule has 0 unspecified atom stereocenters. The van der Waals surface area contributed by atoms with Gasteiger partial charge in [0.25, 0.3) is 5.91 Å². The average molecular weight is 385 g/mol. The summed E-state index contributed by atoms with van der Waals surface area (Å²) in [5, 5.41) is 7.60. The Balaban J connectivity index is 1.66. The van der Waals surface area contributed by atoms with Gasteiger partial charge in [-0.1, -0.05) is 49.7 Å². The lowest BCUT2D eigenvalue weighted by Crippen LogP contribution is -2.45. The van der Waals surface area contributed by atoms with E-state index < -0.39 is 11.6 Å². The van der Waals surface area contributed by atoms with Gasteiger partial charge in [-0.3, -0.25) is 14.5 Å². The zero-order valence-electron chi connectivity index (χ0n) is 15.2. The molecule has 2 heterocycles. The molecule has 6 nitrogen and oxygen atoms in total. The van der Waals surface area contributed by atoms with Gasteiger partial charge in [0.15, 0.2) is 0 Å². The van der Waals surface area contributed by atoms with Gasteiger partial charge in [0.1, 0.15) is 12.1 Å². The zero-order chi connectivity index (χ0) is 19.3. The van der Waals surface area contributed by atoms with Crippen LogP contribution >= 0.6 is 11.3 Å². The Labute approximate surface area is 162 Å². The van der Waals surface area contributed by atoms with E-state index in [1.807, 2.05) is 54.8 Å². The number of hydrogen-bond donors (Lipinski definition) is 2. The van der Waals surface area contributed by atoms with E-state index in [2.05, 4.69) is 10.6 Å². The lowest BCUT2D eigenvalue weighted by molar-refractivity contribution is -0.135. The highest BCUT2D eigenvalue weighted by molar-refractivity contribution is 7.09. The minimum atomic E-state index is -1.09. The van der Waals surface area contributed by atoms with Gasteiger partial charge in [0.05, 0.1) is 0 Å². The maximum atomic E-state index is 13.1. The van der Waals surface area contributed by atoms with Crippen molar-refractivity contribution in [2.75, 3.05) is 13.1 Å². The average Bonchev–Trinajstić information content (AvgIpc) is 3.26. The van der Waals surface area contributed by atoms with Crippen molar-refractivity contribution in [1.82, 2.24) is 15.5 Å². The van der Waals surface area contributed by atoms with E-state index >= 15 is 0 Å². The first kappa shape index (κ1) is 19.1. The molecule has 0 saturated carbocycles. The van der Waals surface area contributed by atoms with Crippen molar-refractivity contribution in [2.24, 2.45) is 0 Å². The molecule has 1 saturated heterocycles. The maximum Gasteiger partial charge on any atom is 0.325 e. The van der Waals surface area contributed by atoms with Crippen molar-refractivity contribution in [3.05, 3.63) is 58.3 Å². The third kappa shape index (κ3) is 4.03. The molecule has 3 rings (SSSR count). The van der Waals surface area contributed by atoms with Crippen molar-refractivity contribution in [2.45, 2.75) is 31.7 Å². The molecule has 0 spiro atoms. The number of amides is 4. The highest BCUT2D eigenvalue weighted by Gasteiger charge is 2.52. The minimum absolute atomic E-state index is 0.270. The second kappa shape index (κ2) is 8.35. The molecule has 2 aromatic rings. The summed E-state index contributed by atoms with van der Waals surface area (Å²) in [6.07, 6.45) is 1.94. The highest BCUT2D eigenvalue weighted by atomic mass is 32.1. The number of thiophene rings is 1. The summed E-state index contributed by atoms with van der Waals surface area (Å²) in [6, 6.07) is 12.7. The first-order chi connectivity index (χ1) is 13.1. The quantitative estimate of drug-likeness (QED) is 0.686. The highest BCUT2D eigenvalue weighted by Crippen LogP contribution is 2.33. The van der Waals surface area contributed by atoms with E-state index in [9.17, 15) is 14.4 Å². The Hall–Kier alpha value is -2.67. The van der Waals surface area contributed by atoms with Gasteiger partial charge in [-0.2, -0.15) is 0 Å². The van der Waals surface area contributed by atoms with Crippen LogP contribution in [0.2, 0.25) is 0 Å². The van der Waals surface area contributed by atoms with Crippen molar-refractivity contribution in [3.8, 4) is 0 Å². The van der Waals surface area contributed by atoms with E-state index in [0.717, 1.165) is 23.3 Å². The molecule has 1 aliphatic heterocycles. The Morgan fingerprint density at radius 1 is 1.19 bits per heavy atom. The van der Waals surface area contributed by atoms with Crippen molar-refractivity contribution < 1.29 is 14.4 Å². The van der Waals surface area contributed by atoms with Gasteiger partial charge in [-0.05, 0) is 29.9 Å². The van der Waals surface area contributed by atoms with Crippen LogP contribution in [-0.4, -0.2) is 35.8 Å². The molecule has 1 aromatic heterocycles. The lowest BCUT2D eigenvalue weighted by Gasteiger charge is -2.26. The predicted molar refractivity (Wildman–Crippen MR) is 104 cm³/mol. The summed E-state index contributed by atoms with van der Waals surface area (Å²) in [5.41, 5.74) is -0.351. The number of nitrogens with one attached hydrogen (secondary N) is 2. The number of urea groups is 1. The Bertz CT molecular complexity index is 807. The summed E-state index contributed by atoms with van der Waals surface area (Å²) < 4.78 is 0. The fourth-order valence-corrected chi connectivity index (χ4v) is 4.07. The molecule has 0 radical (unpaired) electrons. The summed E-state index contributed by atoms with van der Waals surface area (Å²) in [7, 11) is 0. The molecule has 0 bridgehead atoms. The molecule has 1 fully saturated rings. The number of nitrogens with zero attached hydrogens (tertiary/aromatic N) is 1. The first-order valence-corrected chi connectivity index (χ1v) is 9.93. The molecular weight excluding hydrogens is 362 g/mol. The zero-order valence-corrected chi connectivity index (χ0v) is 16.1. The van der Waals surface area contributed by atoms with Crippen LogP contribution in [-0.2, 0) is 21.5 Å². The Morgan fingerprint density at radius 3 is 2.63 bits per heavy atom. The largest absolute Gasteiger partial charge is 0.354 e. The van der Waals surface area contributed by atoms with Crippen LogP contribution in [0.5, 0.6) is 0 Å². The van der Waals surface area contributed by atoms with Crippen LogP contribution < -0.4 is 10.6 Å². The van der Waals surface area contributed by atoms with Gasteiger partial charge < -0.3 is 10.6 Å². The number of imide groups is 1. The molecule has 4 amide bonds. The topological polar surface area (TPSA) is 78.5 Å². The summed E-state index contributed by atoms with van der Waals surface area (Å²) >= 11 is 1.63. The van der Waals surface area contributed by atoms with Gasteiger partial charge in [0.2, 0.25) is 5.91 Å². The van der Waals surface area contributed by atoms with Gasteiger partial charge >= 0.3 is 6.03 Å². The second-order valence-electron chi connectivity index (χ2n) is 6.52. The number of carbonyl (C=O) groups excluding carboxylic acids is 3. The molecule has 1 aliphatic rings. The second-order valence-corrected chi connectivity index (χ2v) is 7.55. The third-order valence-electron chi connectivity index (χ3n) is 4.64. The number of benzene rings is 1. The number of hydrogen-bond acceptors (Lipinski definition) is 4. The van der Waals surface area contributed by atoms with Crippen LogP contribution in [0.3, 0.4) is 0 Å². The molecule has 27 heavy (non-hydrogen) atoms. The standard InChI is InChI=1S/C20H23N3O3S/c1-2-11-20(15-7-4-3-5-8-15)18(25)23(19(26)22-20)14-17(24)21-12-10-16-9-6-13-27-16/h3-9,13H,2,10-12,14H2,1H3,(H,21,24)(H,22,26)/t20-/m1/s1. The van der Waals surface area contributed by atoms with E-state index in [-0.39, 0.29) is 18.4 Å². The van der Waals surface area contributed by atoms with E-state index in [1.165, 1.54) is 4.88 Å². The Kier molecular flexibility index (Phi) is 5.91. The van der Waals surface area contributed by atoms with E-state index in [4.69, 9.17) is 0 Å². The van der Waals surface area contributed by atoms with Gasteiger partial charge in [0, 0.05) is 11.4 Å². The maximum absolute atomic E-state index is 13.1. The van der Waals surface area contributed by atoms with Crippen LogP contribution in [0.4, 0.5) is 4.79 Å². The first-order valence-electron chi connectivity index (χ1n) is 9.05. The number of rotatable bonds is 8. The van der Waals surface area contributed by atoms with Crippen molar-refractivity contribution >= 4 is 29.2 Å². The van der Waals surface area contributed by atoms with Crippen LogP contribution in [0.25, 0.3) is 0 Å². The minimum Gasteiger partial charge on any atom is -0.354 e. The van der Waals surface area contributed by atoms with E-state index in [0.29, 0.717) is 13.0 Å². The molecule has 2 N–H and O–H groups in total. The van der Waals surface area contributed by atoms with Crippen LogP contribution in [0.1, 0.15) is 30.2 Å². The lowest BCUT2D eigenvalue weighted by atomic mass is 9.85. The SMILES string of the molecule is CCC[C@]1(c2ccccc2)NC(=O)N(CC(=O)NCCc2cccs2)C1=O. The molecule has 1 atom stereocenters. The summed E-state index contributed by atoms with van der Waals surface area (Å²) in [4.78, 5) is 40.0. The smallest absolute Gasteiger partial charge is 0.325 e. The Morgan fingerprint density at radius 2 is 1.96 bits per heavy atom. The monoisotopic (exact) mass is 385 g/mol. The molecule has 7 heteroatoms. The van der Waals surface area contributed by atoms with E-state index in [1.54, 1.807) is 11.3 Å². The third-order valence-corrected chi connectivity index (χ3v) is 5.58.